The standard InChI is InChI=1S/C24H27FN6O/c25-20-10-8-18(9-11-20)23-27-24(19-5-1-2-6-19)31(28-23)17-22(32)30-15-13-29(14-16-30)21-7-3-4-12-26-21/h3-4,7-12,19H,1-2,5-6,13-17H2. The molecule has 8 heteroatoms. The van der Waals surface area contributed by atoms with Crippen LogP contribution in [-0.2, 0) is 11.3 Å². The molecule has 1 aliphatic heterocycles. The van der Waals surface area contributed by atoms with Gasteiger partial charge < -0.3 is 9.80 Å². The van der Waals surface area contributed by atoms with Crippen molar-refractivity contribution < 1.29 is 9.18 Å². The van der Waals surface area contributed by atoms with Gasteiger partial charge in [-0.3, -0.25) is 4.79 Å². The summed E-state index contributed by atoms with van der Waals surface area (Å²) >= 11 is 0. The molecule has 1 aliphatic carbocycles. The fourth-order valence-electron chi connectivity index (χ4n) is 4.63. The molecule has 0 spiro atoms. The van der Waals surface area contributed by atoms with Gasteiger partial charge in [-0.25, -0.2) is 19.0 Å². The third-order valence-corrected chi connectivity index (χ3v) is 6.41. The normalized spacial score (nSPS) is 17.2. The van der Waals surface area contributed by atoms with Crippen LogP contribution < -0.4 is 4.90 Å². The molecule has 0 N–H and O–H groups in total. The van der Waals surface area contributed by atoms with E-state index >= 15 is 0 Å². The molecule has 0 radical (unpaired) electrons. The van der Waals surface area contributed by atoms with E-state index in [0.29, 0.717) is 24.8 Å². The monoisotopic (exact) mass is 434 g/mol. The summed E-state index contributed by atoms with van der Waals surface area (Å²) in [7, 11) is 0. The maximum atomic E-state index is 13.3. The first-order chi connectivity index (χ1) is 15.7. The minimum Gasteiger partial charge on any atom is -0.353 e. The van der Waals surface area contributed by atoms with Gasteiger partial charge in [0.15, 0.2) is 5.82 Å². The third-order valence-electron chi connectivity index (χ3n) is 6.41. The zero-order valence-electron chi connectivity index (χ0n) is 18.0. The summed E-state index contributed by atoms with van der Waals surface area (Å²) in [5.41, 5.74) is 0.765. The third kappa shape index (κ3) is 4.35. The van der Waals surface area contributed by atoms with Crippen LogP contribution in [0.2, 0.25) is 0 Å². The lowest BCUT2D eigenvalue weighted by Crippen LogP contribution is -2.50. The molecule has 7 nitrogen and oxygen atoms in total. The molecule has 0 bridgehead atoms. The summed E-state index contributed by atoms with van der Waals surface area (Å²) in [5.74, 6) is 2.47. The molecule has 1 saturated carbocycles. The molecule has 0 unspecified atom stereocenters. The van der Waals surface area contributed by atoms with Crippen molar-refractivity contribution >= 4 is 11.7 Å². The summed E-state index contributed by atoms with van der Waals surface area (Å²) in [6.07, 6.45) is 6.28. The topological polar surface area (TPSA) is 67.2 Å². The summed E-state index contributed by atoms with van der Waals surface area (Å²) in [6, 6.07) is 12.1. The van der Waals surface area contributed by atoms with E-state index in [1.807, 2.05) is 23.1 Å². The molecular formula is C24H27FN6O. The molecule has 2 aliphatic rings. The van der Waals surface area contributed by atoms with Gasteiger partial charge in [-0.05, 0) is 49.2 Å². The van der Waals surface area contributed by atoms with Gasteiger partial charge in [-0.1, -0.05) is 18.9 Å². The first-order valence-corrected chi connectivity index (χ1v) is 11.3. The number of anilines is 1. The Labute approximate surface area is 186 Å². The zero-order valence-corrected chi connectivity index (χ0v) is 18.0. The van der Waals surface area contributed by atoms with E-state index in [4.69, 9.17) is 4.98 Å². The number of pyridine rings is 1. The van der Waals surface area contributed by atoms with Crippen LogP contribution in [-0.4, -0.2) is 56.7 Å². The van der Waals surface area contributed by atoms with E-state index in [1.54, 1.807) is 23.0 Å². The number of carbonyl (C=O) groups is 1. The number of halogens is 1. The van der Waals surface area contributed by atoms with Crippen molar-refractivity contribution in [3.05, 3.63) is 60.3 Å². The van der Waals surface area contributed by atoms with Crippen molar-refractivity contribution in [3.63, 3.8) is 0 Å². The van der Waals surface area contributed by atoms with E-state index in [1.165, 1.54) is 25.0 Å². The highest BCUT2D eigenvalue weighted by molar-refractivity contribution is 5.76. The van der Waals surface area contributed by atoms with Crippen LogP contribution in [0.4, 0.5) is 10.2 Å². The number of carbonyl (C=O) groups excluding carboxylic acids is 1. The number of aromatic nitrogens is 4. The largest absolute Gasteiger partial charge is 0.353 e. The summed E-state index contributed by atoms with van der Waals surface area (Å²) in [6.45, 7) is 3.03. The van der Waals surface area contributed by atoms with Crippen molar-refractivity contribution in [1.82, 2.24) is 24.6 Å². The van der Waals surface area contributed by atoms with Gasteiger partial charge in [0, 0.05) is 43.9 Å². The second kappa shape index (κ2) is 9.06. The maximum absolute atomic E-state index is 13.3. The molecule has 166 valence electrons. The smallest absolute Gasteiger partial charge is 0.244 e. The highest BCUT2D eigenvalue weighted by atomic mass is 19.1. The Morgan fingerprint density at radius 2 is 1.75 bits per heavy atom. The number of rotatable bonds is 5. The predicted molar refractivity (Wildman–Crippen MR) is 120 cm³/mol. The molecule has 3 heterocycles. The van der Waals surface area contributed by atoms with Crippen LogP contribution in [0.5, 0.6) is 0 Å². The Bertz CT molecular complexity index is 1050. The van der Waals surface area contributed by atoms with E-state index in [9.17, 15) is 9.18 Å². The van der Waals surface area contributed by atoms with Crippen LogP contribution in [0.15, 0.2) is 48.7 Å². The molecule has 2 aromatic heterocycles. The van der Waals surface area contributed by atoms with Crippen LogP contribution in [0.25, 0.3) is 11.4 Å². The molecule has 5 rings (SSSR count). The van der Waals surface area contributed by atoms with E-state index in [2.05, 4.69) is 15.0 Å². The summed E-state index contributed by atoms with van der Waals surface area (Å²) in [5, 5.41) is 4.67. The summed E-state index contributed by atoms with van der Waals surface area (Å²) in [4.78, 5) is 26.4. The Kier molecular flexibility index (Phi) is 5.83. The van der Waals surface area contributed by atoms with E-state index in [-0.39, 0.29) is 18.3 Å². The van der Waals surface area contributed by atoms with Gasteiger partial charge in [0.2, 0.25) is 5.91 Å². The minimum atomic E-state index is -0.288. The number of nitrogens with zero attached hydrogens (tertiary/aromatic N) is 6. The molecule has 2 fully saturated rings. The molecule has 0 atom stereocenters. The molecule has 32 heavy (non-hydrogen) atoms. The molecule has 1 aromatic carbocycles. The lowest BCUT2D eigenvalue weighted by atomic mass is 10.1. The van der Waals surface area contributed by atoms with Gasteiger partial charge >= 0.3 is 0 Å². The van der Waals surface area contributed by atoms with Crippen LogP contribution >= 0.6 is 0 Å². The van der Waals surface area contributed by atoms with Gasteiger partial charge in [0.1, 0.15) is 24.0 Å². The van der Waals surface area contributed by atoms with Crippen LogP contribution in [0, 0.1) is 5.82 Å². The number of hydrogen-bond acceptors (Lipinski definition) is 5. The molecule has 1 amide bonds. The molecule has 3 aromatic rings. The number of amides is 1. The quantitative estimate of drug-likeness (QED) is 0.615. The average Bonchev–Trinajstić information content (AvgIpc) is 3.50. The highest BCUT2D eigenvalue weighted by Gasteiger charge is 2.27. The predicted octanol–water partition coefficient (Wildman–Crippen LogP) is 3.49. The van der Waals surface area contributed by atoms with Gasteiger partial charge in [0.05, 0.1) is 0 Å². The highest BCUT2D eigenvalue weighted by Crippen LogP contribution is 2.34. The maximum Gasteiger partial charge on any atom is 0.244 e. The molecular weight excluding hydrogens is 407 g/mol. The number of piperazine rings is 1. The van der Waals surface area contributed by atoms with Gasteiger partial charge in [-0.15, -0.1) is 0 Å². The first kappa shape index (κ1) is 20.6. The lowest BCUT2D eigenvalue weighted by molar-refractivity contribution is -0.132. The summed E-state index contributed by atoms with van der Waals surface area (Å²) < 4.78 is 15.1. The fraction of sp³-hybridized carbons (Fsp3) is 0.417. The number of benzene rings is 1. The Morgan fingerprint density at radius 3 is 2.44 bits per heavy atom. The SMILES string of the molecule is O=C(Cn1nc(-c2ccc(F)cc2)nc1C1CCCC1)N1CCN(c2ccccn2)CC1. The van der Waals surface area contributed by atoms with Crippen molar-refractivity contribution in [2.24, 2.45) is 0 Å². The van der Waals surface area contributed by atoms with E-state index in [0.717, 1.165) is 43.1 Å². The lowest BCUT2D eigenvalue weighted by Gasteiger charge is -2.35. The van der Waals surface area contributed by atoms with Crippen molar-refractivity contribution in [2.75, 3.05) is 31.1 Å². The fourth-order valence-corrected chi connectivity index (χ4v) is 4.63. The second-order valence-corrected chi connectivity index (χ2v) is 8.50. The van der Waals surface area contributed by atoms with Gasteiger partial charge in [-0.2, -0.15) is 5.10 Å². The van der Waals surface area contributed by atoms with Crippen LogP contribution in [0.1, 0.15) is 37.4 Å². The minimum absolute atomic E-state index is 0.0560. The number of hydrogen-bond donors (Lipinski definition) is 0. The van der Waals surface area contributed by atoms with Crippen molar-refractivity contribution in [2.45, 2.75) is 38.1 Å². The second-order valence-electron chi connectivity index (χ2n) is 8.50. The Balaban J connectivity index is 1.30. The Morgan fingerprint density at radius 1 is 1.00 bits per heavy atom. The zero-order chi connectivity index (χ0) is 21.9. The van der Waals surface area contributed by atoms with E-state index < -0.39 is 0 Å². The average molecular weight is 435 g/mol. The van der Waals surface area contributed by atoms with Crippen molar-refractivity contribution in [3.8, 4) is 11.4 Å². The first-order valence-electron chi connectivity index (χ1n) is 11.3. The van der Waals surface area contributed by atoms with Gasteiger partial charge in [0.25, 0.3) is 0 Å². The van der Waals surface area contributed by atoms with Crippen LogP contribution in [0.3, 0.4) is 0 Å². The van der Waals surface area contributed by atoms with Crippen molar-refractivity contribution in [1.29, 1.82) is 0 Å². The Hall–Kier alpha value is -3.29. The molecule has 1 saturated heterocycles.